The quantitative estimate of drug-likeness (QED) is 0.869. The van der Waals surface area contributed by atoms with Gasteiger partial charge in [0.15, 0.2) is 0 Å². The largest absolute Gasteiger partial charge is 0.489 e. The number of hydrogen-bond acceptors (Lipinski definition) is 3. The molecule has 0 saturated carbocycles. The van der Waals surface area contributed by atoms with Crippen molar-refractivity contribution in [3.63, 3.8) is 0 Å². The summed E-state index contributed by atoms with van der Waals surface area (Å²) in [6.45, 7) is 5.69. The predicted octanol–water partition coefficient (Wildman–Crippen LogP) is 2.51. The van der Waals surface area contributed by atoms with Gasteiger partial charge in [0.1, 0.15) is 17.6 Å². The van der Waals surface area contributed by atoms with E-state index in [2.05, 4.69) is 24.4 Å². The van der Waals surface area contributed by atoms with Crippen molar-refractivity contribution >= 4 is 5.78 Å². The van der Waals surface area contributed by atoms with Crippen LogP contribution in [0.4, 0.5) is 0 Å². The average Bonchev–Trinajstić information content (AvgIpc) is 2.82. The van der Waals surface area contributed by atoms with Gasteiger partial charge in [0.2, 0.25) is 0 Å². The number of carbonyl (C=O) groups is 1. The molecular weight excluding hydrogens is 226 g/mol. The molecule has 1 aliphatic heterocycles. The van der Waals surface area contributed by atoms with Crippen molar-refractivity contribution in [2.24, 2.45) is 0 Å². The number of hydrogen-bond donors (Lipinski definition) is 1. The lowest BCUT2D eigenvalue weighted by Gasteiger charge is -2.14. The third-order valence-electron chi connectivity index (χ3n) is 3.36. The Hall–Kier alpha value is -1.35. The summed E-state index contributed by atoms with van der Waals surface area (Å²) in [6.07, 6.45) is 1.97. The molecule has 1 aliphatic rings. The molecule has 1 aromatic carbocycles. The molecule has 1 saturated heterocycles. The summed E-state index contributed by atoms with van der Waals surface area (Å²) in [4.78, 5) is 11.1. The van der Waals surface area contributed by atoms with E-state index in [-0.39, 0.29) is 11.7 Å². The highest BCUT2D eigenvalue weighted by Crippen LogP contribution is 2.23. The van der Waals surface area contributed by atoms with Crippen LogP contribution in [0, 0.1) is 0 Å². The highest BCUT2D eigenvalue weighted by Gasteiger charge is 2.16. The molecule has 3 heteroatoms. The molecule has 0 bridgehead atoms. The summed E-state index contributed by atoms with van der Waals surface area (Å²) in [6, 6.07) is 8.13. The van der Waals surface area contributed by atoms with Gasteiger partial charge in [-0.15, -0.1) is 0 Å². The molecule has 1 heterocycles. The summed E-state index contributed by atoms with van der Waals surface area (Å²) in [5.74, 6) is 1.44. The molecule has 0 amide bonds. The van der Waals surface area contributed by atoms with Gasteiger partial charge < -0.3 is 14.8 Å². The lowest BCUT2D eigenvalue weighted by molar-refractivity contribution is -0.117. The second kappa shape index (κ2) is 6.01. The molecule has 1 fully saturated rings. The second-order valence-electron chi connectivity index (χ2n) is 5.11. The molecule has 0 radical (unpaired) electrons. The van der Waals surface area contributed by atoms with E-state index in [0.29, 0.717) is 12.5 Å². The molecule has 18 heavy (non-hydrogen) atoms. The number of benzene rings is 1. The van der Waals surface area contributed by atoms with Crippen molar-refractivity contribution in [3.05, 3.63) is 29.8 Å². The van der Waals surface area contributed by atoms with E-state index in [4.69, 9.17) is 4.74 Å². The van der Waals surface area contributed by atoms with Gasteiger partial charge in [-0.1, -0.05) is 19.1 Å². The summed E-state index contributed by atoms with van der Waals surface area (Å²) in [5.41, 5.74) is 1.20. The first-order chi connectivity index (χ1) is 8.65. The maximum Gasteiger partial charge on any atom is 0.130 e. The van der Waals surface area contributed by atoms with E-state index in [9.17, 15) is 4.79 Å². The van der Waals surface area contributed by atoms with Crippen LogP contribution in [0.5, 0.6) is 5.75 Å². The lowest BCUT2D eigenvalue weighted by atomic mass is 9.96. The maximum absolute atomic E-state index is 11.1. The highest BCUT2D eigenvalue weighted by atomic mass is 16.5. The van der Waals surface area contributed by atoms with Crippen molar-refractivity contribution in [2.75, 3.05) is 13.1 Å². The first-order valence-electron chi connectivity index (χ1n) is 6.62. The monoisotopic (exact) mass is 247 g/mol. The van der Waals surface area contributed by atoms with Crippen molar-refractivity contribution in [2.45, 2.75) is 38.7 Å². The van der Waals surface area contributed by atoms with Crippen molar-refractivity contribution in [3.8, 4) is 5.75 Å². The molecule has 2 rings (SSSR count). The number of nitrogens with one attached hydrogen (secondary N) is 1. The minimum atomic E-state index is 0.236. The van der Waals surface area contributed by atoms with Crippen LogP contribution >= 0.6 is 0 Å². The van der Waals surface area contributed by atoms with Gasteiger partial charge in [0.25, 0.3) is 0 Å². The Morgan fingerprint density at radius 2 is 2.17 bits per heavy atom. The molecule has 0 aromatic heterocycles. The van der Waals surface area contributed by atoms with Crippen LogP contribution in [-0.2, 0) is 4.79 Å². The van der Waals surface area contributed by atoms with Crippen LogP contribution in [0.15, 0.2) is 24.3 Å². The van der Waals surface area contributed by atoms with Gasteiger partial charge in [-0.2, -0.15) is 0 Å². The van der Waals surface area contributed by atoms with Crippen LogP contribution in [0.25, 0.3) is 0 Å². The first kappa shape index (κ1) is 13.1. The van der Waals surface area contributed by atoms with Gasteiger partial charge in [0.05, 0.1) is 0 Å². The van der Waals surface area contributed by atoms with Crippen LogP contribution < -0.4 is 10.1 Å². The number of rotatable bonds is 5. The average molecular weight is 247 g/mol. The first-order valence-corrected chi connectivity index (χ1v) is 6.62. The van der Waals surface area contributed by atoms with Crippen LogP contribution in [0.1, 0.15) is 38.2 Å². The fourth-order valence-corrected chi connectivity index (χ4v) is 2.35. The number of carbonyl (C=O) groups excluding carboxylic acids is 1. The van der Waals surface area contributed by atoms with Gasteiger partial charge in [-0.3, -0.25) is 0 Å². The Balaban J connectivity index is 1.94. The van der Waals surface area contributed by atoms with Crippen LogP contribution in [0.3, 0.4) is 0 Å². The van der Waals surface area contributed by atoms with Crippen LogP contribution in [0.2, 0.25) is 0 Å². The zero-order chi connectivity index (χ0) is 13.0. The topological polar surface area (TPSA) is 38.3 Å². The van der Waals surface area contributed by atoms with E-state index in [1.54, 1.807) is 6.92 Å². The highest BCUT2D eigenvalue weighted by molar-refractivity contribution is 5.76. The van der Waals surface area contributed by atoms with E-state index >= 15 is 0 Å². The zero-order valence-electron chi connectivity index (χ0n) is 11.1. The molecule has 2 atom stereocenters. The van der Waals surface area contributed by atoms with E-state index in [0.717, 1.165) is 25.3 Å². The normalized spacial score (nSPS) is 20.7. The molecule has 0 spiro atoms. The molecule has 98 valence electrons. The fraction of sp³-hybridized carbons (Fsp3) is 0.533. The zero-order valence-corrected chi connectivity index (χ0v) is 11.1. The number of Topliss-reactive ketones (excluding diaryl/α,β-unsaturated/α-hetero) is 1. The van der Waals surface area contributed by atoms with Gasteiger partial charge in [-0.05, 0) is 43.5 Å². The third kappa shape index (κ3) is 3.57. The van der Waals surface area contributed by atoms with E-state index in [1.807, 2.05) is 12.1 Å². The van der Waals surface area contributed by atoms with Gasteiger partial charge >= 0.3 is 0 Å². The number of ketones is 1. The minimum absolute atomic E-state index is 0.236. The Kier molecular flexibility index (Phi) is 4.37. The minimum Gasteiger partial charge on any atom is -0.489 e. The SMILES string of the molecule is CC(=O)C[C@@H](C)c1ccc(OC2CCNC2)cc1. The van der Waals surface area contributed by atoms with E-state index in [1.165, 1.54) is 5.56 Å². The smallest absolute Gasteiger partial charge is 0.130 e. The molecular formula is C15H21NO2. The Morgan fingerprint density at radius 3 is 2.72 bits per heavy atom. The molecule has 1 aromatic rings. The lowest BCUT2D eigenvalue weighted by Crippen LogP contribution is -2.19. The molecule has 3 nitrogen and oxygen atoms in total. The van der Waals surface area contributed by atoms with Gasteiger partial charge in [-0.25, -0.2) is 0 Å². The van der Waals surface area contributed by atoms with E-state index < -0.39 is 0 Å². The molecule has 0 aliphatic carbocycles. The van der Waals surface area contributed by atoms with Crippen molar-refractivity contribution < 1.29 is 9.53 Å². The standard InChI is InChI=1S/C15H21NO2/c1-11(9-12(2)17)13-3-5-14(6-4-13)18-15-7-8-16-10-15/h3-6,11,15-16H,7-10H2,1-2H3/t11-,15?/m1/s1. The fourth-order valence-electron chi connectivity index (χ4n) is 2.35. The summed E-state index contributed by atoms with van der Waals surface area (Å²) in [5, 5.41) is 3.28. The Labute approximate surface area is 109 Å². The van der Waals surface area contributed by atoms with Crippen LogP contribution in [-0.4, -0.2) is 25.0 Å². The predicted molar refractivity (Wildman–Crippen MR) is 72.1 cm³/mol. The third-order valence-corrected chi connectivity index (χ3v) is 3.36. The Bertz CT molecular complexity index is 393. The van der Waals surface area contributed by atoms with Crippen molar-refractivity contribution in [1.82, 2.24) is 5.32 Å². The summed E-state index contributed by atoms with van der Waals surface area (Å²) < 4.78 is 5.86. The second-order valence-corrected chi connectivity index (χ2v) is 5.11. The number of ether oxygens (including phenoxy) is 1. The Morgan fingerprint density at radius 1 is 1.44 bits per heavy atom. The van der Waals surface area contributed by atoms with Gasteiger partial charge in [0, 0.05) is 13.0 Å². The summed E-state index contributed by atoms with van der Waals surface area (Å²) in [7, 11) is 0. The molecule has 1 unspecified atom stereocenters. The molecule has 1 N–H and O–H groups in total. The maximum atomic E-state index is 11.1. The van der Waals surface area contributed by atoms with Crippen molar-refractivity contribution in [1.29, 1.82) is 0 Å². The summed E-state index contributed by atoms with van der Waals surface area (Å²) >= 11 is 0.